The van der Waals surface area contributed by atoms with Gasteiger partial charge < -0.3 is 10.1 Å². The lowest BCUT2D eigenvalue weighted by molar-refractivity contribution is 0.0951. The number of ether oxygens (including phenoxy) is 1. The topological polar surface area (TPSA) is 56.1 Å². The smallest absolute Gasteiger partial charge is 0.255 e. The third-order valence-corrected chi connectivity index (χ3v) is 5.41. The van der Waals surface area contributed by atoms with E-state index in [4.69, 9.17) is 9.84 Å². The molecule has 4 aromatic rings. The first-order chi connectivity index (χ1) is 14.2. The lowest BCUT2D eigenvalue weighted by Crippen LogP contribution is -2.23. The van der Waals surface area contributed by atoms with Gasteiger partial charge in [-0.05, 0) is 34.7 Å². The Morgan fingerprint density at radius 1 is 1.07 bits per heavy atom. The zero-order chi connectivity index (χ0) is 20.1. The maximum atomic E-state index is 13.0. The van der Waals surface area contributed by atoms with Crippen LogP contribution in [0.3, 0.4) is 0 Å². The predicted octanol–water partition coefficient (Wildman–Crippen LogP) is 4.60. The second-order valence-electron chi connectivity index (χ2n) is 6.59. The number of aromatic nitrogens is 2. The fraction of sp³-hybridized carbons (Fsp3) is 0.130. The van der Waals surface area contributed by atoms with Gasteiger partial charge in [0.2, 0.25) is 0 Å². The van der Waals surface area contributed by atoms with Crippen molar-refractivity contribution in [3.05, 3.63) is 95.0 Å². The fourth-order valence-corrected chi connectivity index (χ4v) is 3.82. The summed E-state index contributed by atoms with van der Waals surface area (Å²) in [5.74, 6) is 0.627. The standard InChI is InChI=1S/C23H21N3O2S/c1-28-19-10-5-9-18(13-19)14-24-23(27)20-16-26(15-17-7-3-2-4-8-17)25-22(20)21-11-6-12-29-21/h2-13,16H,14-15H2,1H3,(H,24,27). The summed E-state index contributed by atoms with van der Waals surface area (Å²) in [6.45, 7) is 1.03. The van der Waals surface area contributed by atoms with Crippen molar-refractivity contribution in [1.29, 1.82) is 0 Å². The first-order valence-electron chi connectivity index (χ1n) is 9.29. The summed E-state index contributed by atoms with van der Waals surface area (Å²) in [4.78, 5) is 13.9. The van der Waals surface area contributed by atoms with Crippen molar-refractivity contribution >= 4 is 17.2 Å². The van der Waals surface area contributed by atoms with Crippen LogP contribution in [0, 0.1) is 0 Å². The summed E-state index contributed by atoms with van der Waals surface area (Å²) >= 11 is 1.57. The SMILES string of the molecule is COc1cccc(CNC(=O)c2cn(Cc3ccccc3)nc2-c2cccs2)c1. The molecule has 0 atom stereocenters. The molecule has 0 saturated carbocycles. The first kappa shape index (κ1) is 19.0. The van der Waals surface area contributed by atoms with Crippen LogP contribution in [0.1, 0.15) is 21.5 Å². The number of thiophene rings is 1. The Hall–Kier alpha value is -3.38. The van der Waals surface area contributed by atoms with Crippen molar-refractivity contribution in [2.24, 2.45) is 0 Å². The van der Waals surface area contributed by atoms with Gasteiger partial charge in [-0.25, -0.2) is 0 Å². The number of benzene rings is 2. The predicted molar refractivity (Wildman–Crippen MR) is 115 cm³/mol. The summed E-state index contributed by atoms with van der Waals surface area (Å²) in [6.07, 6.45) is 1.82. The molecule has 0 saturated heterocycles. The van der Waals surface area contributed by atoms with Crippen LogP contribution >= 0.6 is 11.3 Å². The molecule has 2 aromatic carbocycles. The van der Waals surface area contributed by atoms with Crippen LogP contribution in [-0.4, -0.2) is 22.8 Å². The highest BCUT2D eigenvalue weighted by Gasteiger charge is 2.18. The largest absolute Gasteiger partial charge is 0.497 e. The Bertz CT molecular complexity index is 1090. The number of carbonyl (C=O) groups is 1. The van der Waals surface area contributed by atoms with Crippen LogP contribution in [0.5, 0.6) is 5.75 Å². The molecular formula is C23H21N3O2S. The Labute approximate surface area is 173 Å². The van der Waals surface area contributed by atoms with Gasteiger partial charge in [-0.15, -0.1) is 11.3 Å². The van der Waals surface area contributed by atoms with E-state index in [-0.39, 0.29) is 5.91 Å². The monoisotopic (exact) mass is 403 g/mol. The van der Waals surface area contributed by atoms with Crippen LogP contribution < -0.4 is 10.1 Å². The molecule has 0 aliphatic carbocycles. The Morgan fingerprint density at radius 2 is 1.90 bits per heavy atom. The second kappa shape index (κ2) is 8.75. The molecule has 6 heteroatoms. The minimum Gasteiger partial charge on any atom is -0.497 e. The molecule has 1 N–H and O–H groups in total. The summed E-state index contributed by atoms with van der Waals surface area (Å²) in [6, 6.07) is 21.7. The van der Waals surface area contributed by atoms with Gasteiger partial charge >= 0.3 is 0 Å². The first-order valence-corrected chi connectivity index (χ1v) is 10.2. The molecule has 0 unspecified atom stereocenters. The zero-order valence-corrected chi connectivity index (χ0v) is 16.9. The molecule has 2 heterocycles. The minimum atomic E-state index is -0.143. The number of nitrogens with one attached hydrogen (secondary N) is 1. The lowest BCUT2D eigenvalue weighted by Gasteiger charge is -2.07. The van der Waals surface area contributed by atoms with E-state index in [0.29, 0.717) is 24.3 Å². The van der Waals surface area contributed by atoms with E-state index in [2.05, 4.69) is 17.4 Å². The molecule has 1 amide bonds. The summed E-state index contributed by atoms with van der Waals surface area (Å²) in [5, 5.41) is 9.69. The number of hydrogen-bond donors (Lipinski definition) is 1. The minimum absolute atomic E-state index is 0.143. The van der Waals surface area contributed by atoms with E-state index in [9.17, 15) is 4.79 Å². The van der Waals surface area contributed by atoms with Gasteiger partial charge in [-0.3, -0.25) is 9.48 Å². The zero-order valence-electron chi connectivity index (χ0n) is 16.0. The van der Waals surface area contributed by atoms with E-state index in [1.54, 1.807) is 18.4 Å². The quantitative estimate of drug-likeness (QED) is 0.491. The third kappa shape index (κ3) is 4.55. The maximum Gasteiger partial charge on any atom is 0.255 e. The highest BCUT2D eigenvalue weighted by atomic mass is 32.1. The van der Waals surface area contributed by atoms with Crippen LogP contribution in [0.25, 0.3) is 10.6 Å². The van der Waals surface area contributed by atoms with Gasteiger partial charge in [0.25, 0.3) is 5.91 Å². The molecule has 146 valence electrons. The van der Waals surface area contributed by atoms with E-state index < -0.39 is 0 Å². The molecule has 2 aromatic heterocycles. The Morgan fingerprint density at radius 3 is 2.66 bits per heavy atom. The molecule has 0 spiro atoms. The fourth-order valence-electron chi connectivity index (χ4n) is 3.09. The summed E-state index contributed by atoms with van der Waals surface area (Å²) < 4.78 is 7.07. The molecule has 4 rings (SSSR count). The van der Waals surface area contributed by atoms with Crippen molar-refractivity contribution < 1.29 is 9.53 Å². The van der Waals surface area contributed by atoms with Crippen LogP contribution in [0.15, 0.2) is 78.3 Å². The normalized spacial score (nSPS) is 10.7. The highest BCUT2D eigenvalue weighted by Crippen LogP contribution is 2.27. The molecule has 5 nitrogen and oxygen atoms in total. The van der Waals surface area contributed by atoms with Crippen molar-refractivity contribution in [1.82, 2.24) is 15.1 Å². The van der Waals surface area contributed by atoms with Crippen LogP contribution in [-0.2, 0) is 13.1 Å². The van der Waals surface area contributed by atoms with Crippen LogP contribution in [0.2, 0.25) is 0 Å². The molecule has 29 heavy (non-hydrogen) atoms. The van der Waals surface area contributed by atoms with Crippen molar-refractivity contribution in [2.45, 2.75) is 13.1 Å². The lowest BCUT2D eigenvalue weighted by atomic mass is 10.2. The molecule has 0 aliphatic rings. The molecular weight excluding hydrogens is 382 g/mol. The summed E-state index contributed by atoms with van der Waals surface area (Å²) in [5.41, 5.74) is 3.40. The van der Waals surface area contributed by atoms with E-state index in [1.165, 1.54) is 0 Å². The number of nitrogens with zero attached hydrogens (tertiary/aromatic N) is 2. The number of carbonyl (C=O) groups excluding carboxylic acids is 1. The molecule has 0 fully saturated rings. The van der Waals surface area contributed by atoms with Crippen molar-refractivity contribution in [3.8, 4) is 16.3 Å². The number of hydrogen-bond acceptors (Lipinski definition) is 4. The van der Waals surface area contributed by atoms with Gasteiger partial charge in [-0.1, -0.05) is 48.5 Å². The van der Waals surface area contributed by atoms with Gasteiger partial charge in [0, 0.05) is 12.7 Å². The third-order valence-electron chi connectivity index (χ3n) is 4.54. The van der Waals surface area contributed by atoms with E-state index >= 15 is 0 Å². The van der Waals surface area contributed by atoms with Crippen LogP contribution in [0.4, 0.5) is 0 Å². The average molecular weight is 404 g/mol. The summed E-state index contributed by atoms with van der Waals surface area (Å²) in [7, 11) is 1.63. The van der Waals surface area contributed by atoms with Gasteiger partial charge in [0.1, 0.15) is 11.4 Å². The van der Waals surface area contributed by atoms with Gasteiger partial charge in [-0.2, -0.15) is 5.10 Å². The van der Waals surface area contributed by atoms with Gasteiger partial charge in [0.15, 0.2) is 0 Å². The van der Waals surface area contributed by atoms with Crippen molar-refractivity contribution in [2.75, 3.05) is 7.11 Å². The molecule has 0 bridgehead atoms. The molecule has 0 aliphatic heterocycles. The average Bonchev–Trinajstić information content (AvgIpc) is 3.43. The highest BCUT2D eigenvalue weighted by molar-refractivity contribution is 7.13. The number of methoxy groups -OCH3 is 1. The second-order valence-corrected chi connectivity index (χ2v) is 7.53. The molecule has 0 radical (unpaired) electrons. The van der Waals surface area contributed by atoms with E-state index in [0.717, 1.165) is 21.8 Å². The van der Waals surface area contributed by atoms with E-state index in [1.807, 2.05) is 70.9 Å². The number of amides is 1. The Kier molecular flexibility index (Phi) is 5.72. The number of rotatable bonds is 7. The Balaban J connectivity index is 1.56. The van der Waals surface area contributed by atoms with Gasteiger partial charge in [0.05, 0.1) is 24.1 Å². The maximum absolute atomic E-state index is 13.0. The van der Waals surface area contributed by atoms with Crippen molar-refractivity contribution in [3.63, 3.8) is 0 Å².